The van der Waals surface area contributed by atoms with E-state index in [-0.39, 0.29) is 12.5 Å². The molecule has 1 rings (SSSR count). The molecule has 6 N–H and O–H groups in total. The van der Waals surface area contributed by atoms with Crippen molar-refractivity contribution in [3.05, 3.63) is 12.2 Å². The van der Waals surface area contributed by atoms with Crippen LogP contribution in [0.1, 0.15) is 200 Å². The summed E-state index contributed by atoms with van der Waals surface area (Å²) < 4.78 is 11.2. The van der Waals surface area contributed by atoms with Crippen LogP contribution in [0.4, 0.5) is 0 Å². The summed E-state index contributed by atoms with van der Waals surface area (Å²) in [5.74, 6) is -0.175. The summed E-state index contributed by atoms with van der Waals surface area (Å²) in [6.45, 7) is 3.77. The molecular formula is C43H83NO8. The smallest absolute Gasteiger partial charge is 0.220 e. The number of aliphatic hydroxyl groups is 5. The van der Waals surface area contributed by atoms with E-state index in [1.165, 1.54) is 141 Å². The molecule has 308 valence electrons. The molecule has 0 saturated carbocycles. The lowest BCUT2D eigenvalue weighted by atomic mass is 9.99. The van der Waals surface area contributed by atoms with Gasteiger partial charge in [-0.3, -0.25) is 4.79 Å². The molecule has 2 unspecified atom stereocenters. The molecule has 1 aliphatic heterocycles. The van der Waals surface area contributed by atoms with Gasteiger partial charge in [-0.05, 0) is 19.3 Å². The lowest BCUT2D eigenvalue weighted by molar-refractivity contribution is -0.302. The second-order valence-corrected chi connectivity index (χ2v) is 15.5. The summed E-state index contributed by atoms with van der Waals surface area (Å²) in [7, 11) is 0. The predicted octanol–water partition coefficient (Wildman–Crippen LogP) is 8.56. The molecule has 0 aromatic rings. The van der Waals surface area contributed by atoms with Crippen LogP contribution in [0.5, 0.6) is 0 Å². The molecule has 1 heterocycles. The zero-order valence-corrected chi connectivity index (χ0v) is 33.6. The van der Waals surface area contributed by atoms with Crippen molar-refractivity contribution in [1.82, 2.24) is 5.32 Å². The van der Waals surface area contributed by atoms with Crippen molar-refractivity contribution in [2.75, 3.05) is 13.2 Å². The first-order chi connectivity index (χ1) is 25.3. The van der Waals surface area contributed by atoms with Gasteiger partial charge in [0.1, 0.15) is 24.4 Å². The zero-order valence-electron chi connectivity index (χ0n) is 33.6. The maximum atomic E-state index is 12.9. The van der Waals surface area contributed by atoms with E-state index in [1.54, 1.807) is 6.08 Å². The predicted molar refractivity (Wildman–Crippen MR) is 212 cm³/mol. The number of rotatable bonds is 36. The molecule has 0 radical (unpaired) electrons. The largest absolute Gasteiger partial charge is 0.394 e. The van der Waals surface area contributed by atoms with Crippen molar-refractivity contribution in [2.24, 2.45) is 0 Å². The molecule has 52 heavy (non-hydrogen) atoms. The fourth-order valence-electron chi connectivity index (χ4n) is 7.04. The quantitative estimate of drug-likeness (QED) is 0.0277. The lowest BCUT2D eigenvalue weighted by Crippen LogP contribution is -2.60. The number of allylic oxidation sites excluding steroid dienone is 1. The van der Waals surface area contributed by atoms with Crippen molar-refractivity contribution in [1.29, 1.82) is 0 Å². The first kappa shape index (κ1) is 48.9. The first-order valence-electron chi connectivity index (χ1n) is 21.9. The van der Waals surface area contributed by atoms with Gasteiger partial charge in [0.25, 0.3) is 0 Å². The van der Waals surface area contributed by atoms with E-state index in [0.717, 1.165) is 38.5 Å². The Morgan fingerprint density at radius 2 is 1.06 bits per heavy atom. The van der Waals surface area contributed by atoms with Crippen LogP contribution in [-0.2, 0) is 14.3 Å². The Labute approximate surface area is 318 Å². The third-order valence-electron chi connectivity index (χ3n) is 10.6. The molecule has 1 saturated heterocycles. The van der Waals surface area contributed by atoms with E-state index >= 15 is 0 Å². The molecule has 1 aliphatic rings. The molecule has 0 bridgehead atoms. The van der Waals surface area contributed by atoms with Gasteiger partial charge in [-0.2, -0.15) is 0 Å². The van der Waals surface area contributed by atoms with Gasteiger partial charge in [-0.1, -0.05) is 187 Å². The first-order valence-corrected chi connectivity index (χ1v) is 21.9. The van der Waals surface area contributed by atoms with Crippen molar-refractivity contribution >= 4 is 5.91 Å². The van der Waals surface area contributed by atoms with Gasteiger partial charge in [0.15, 0.2) is 6.29 Å². The zero-order chi connectivity index (χ0) is 38.1. The molecule has 1 fully saturated rings. The number of amides is 1. The summed E-state index contributed by atoms with van der Waals surface area (Å²) in [6, 6.07) is -0.797. The maximum Gasteiger partial charge on any atom is 0.220 e. The highest BCUT2D eigenvalue weighted by molar-refractivity contribution is 5.76. The average molecular weight is 742 g/mol. The van der Waals surface area contributed by atoms with Crippen molar-refractivity contribution in [2.45, 2.75) is 243 Å². The van der Waals surface area contributed by atoms with E-state index in [0.29, 0.717) is 6.42 Å². The highest BCUT2D eigenvalue weighted by atomic mass is 16.7. The minimum Gasteiger partial charge on any atom is -0.394 e. The molecule has 9 nitrogen and oxygen atoms in total. The van der Waals surface area contributed by atoms with Gasteiger partial charge in [-0.25, -0.2) is 0 Å². The molecule has 0 aromatic heterocycles. The summed E-state index contributed by atoms with van der Waals surface area (Å²) >= 11 is 0. The lowest BCUT2D eigenvalue weighted by Gasteiger charge is -2.40. The van der Waals surface area contributed by atoms with Crippen LogP contribution in [0.3, 0.4) is 0 Å². The summed E-state index contributed by atoms with van der Waals surface area (Å²) in [4.78, 5) is 12.9. The Morgan fingerprint density at radius 1 is 0.635 bits per heavy atom. The third kappa shape index (κ3) is 25.1. The minimum atomic E-state index is -1.56. The van der Waals surface area contributed by atoms with Gasteiger partial charge in [0.05, 0.1) is 25.4 Å². The molecule has 9 heteroatoms. The second kappa shape index (κ2) is 34.4. The molecule has 0 aromatic carbocycles. The van der Waals surface area contributed by atoms with E-state index in [2.05, 4.69) is 19.2 Å². The van der Waals surface area contributed by atoms with Crippen LogP contribution in [0.15, 0.2) is 12.2 Å². The van der Waals surface area contributed by atoms with E-state index < -0.39 is 49.5 Å². The topological polar surface area (TPSA) is 149 Å². The van der Waals surface area contributed by atoms with Crippen molar-refractivity contribution in [3.8, 4) is 0 Å². The molecular weight excluding hydrogens is 658 g/mol. The number of carbonyl (C=O) groups excluding carboxylic acids is 1. The minimum absolute atomic E-state index is 0.175. The summed E-state index contributed by atoms with van der Waals surface area (Å²) in [6.07, 6.45) is 31.0. The Balaban J connectivity index is 2.38. The van der Waals surface area contributed by atoms with Crippen LogP contribution < -0.4 is 5.32 Å². The van der Waals surface area contributed by atoms with E-state index in [9.17, 15) is 30.3 Å². The fraction of sp³-hybridized carbons (Fsp3) is 0.930. The summed E-state index contributed by atoms with van der Waals surface area (Å²) in [5.41, 5.74) is 0. The van der Waals surface area contributed by atoms with Crippen molar-refractivity contribution < 1.29 is 39.8 Å². The third-order valence-corrected chi connectivity index (χ3v) is 10.6. The van der Waals surface area contributed by atoms with Crippen LogP contribution in [0.25, 0.3) is 0 Å². The van der Waals surface area contributed by atoms with E-state index in [1.807, 2.05) is 6.08 Å². The highest BCUT2D eigenvalue weighted by Gasteiger charge is 2.44. The number of ether oxygens (including phenoxy) is 2. The van der Waals surface area contributed by atoms with Crippen LogP contribution >= 0.6 is 0 Å². The highest BCUT2D eigenvalue weighted by Crippen LogP contribution is 2.22. The Kier molecular flexibility index (Phi) is 32.4. The number of hydrogen-bond acceptors (Lipinski definition) is 8. The standard InChI is InChI=1S/C43H83NO8/c1-3-5-7-9-11-13-15-17-19-21-23-25-27-29-31-33-39(47)44-36(35-51-43-42(50)41(49)40(48)38(34-45)52-43)37(46)32-30-28-26-24-22-20-18-16-14-12-10-8-6-4-2/h30,32,36-38,40-43,45-46,48-50H,3-29,31,33-35H2,1-2H3,(H,44,47)/b32-30+/t36-,37+,38-,40-,41?,42?,43-/m0/s1. The van der Waals surface area contributed by atoms with Gasteiger partial charge < -0.3 is 40.3 Å². The molecule has 7 atom stereocenters. The Hall–Kier alpha value is -1.07. The van der Waals surface area contributed by atoms with Gasteiger partial charge in [0.2, 0.25) is 5.91 Å². The van der Waals surface area contributed by atoms with Gasteiger partial charge in [-0.15, -0.1) is 0 Å². The number of nitrogens with one attached hydrogen (secondary N) is 1. The van der Waals surface area contributed by atoms with Crippen molar-refractivity contribution in [3.63, 3.8) is 0 Å². The normalized spacial score (nSPS) is 21.9. The number of carbonyl (C=O) groups is 1. The summed E-state index contributed by atoms with van der Waals surface area (Å²) in [5, 5.41) is 54.1. The Bertz CT molecular complexity index is 827. The van der Waals surface area contributed by atoms with Crippen LogP contribution in [0.2, 0.25) is 0 Å². The maximum absolute atomic E-state index is 12.9. The second-order valence-electron chi connectivity index (χ2n) is 15.5. The Morgan fingerprint density at radius 3 is 1.50 bits per heavy atom. The SMILES string of the molecule is CCCCCCCCCCCCCC/C=C/[C@@H](O)[C@H](CO[C@H]1O[C@@H](CO)[C@H](O)C(O)C1O)NC(=O)CCCCCCCCCCCCCCCCC. The van der Waals surface area contributed by atoms with E-state index in [4.69, 9.17) is 9.47 Å². The number of aliphatic hydroxyl groups excluding tert-OH is 5. The molecule has 1 amide bonds. The molecule has 0 aliphatic carbocycles. The number of hydrogen-bond donors (Lipinski definition) is 6. The monoisotopic (exact) mass is 742 g/mol. The van der Waals surface area contributed by atoms with Gasteiger partial charge >= 0.3 is 0 Å². The van der Waals surface area contributed by atoms with Gasteiger partial charge in [0, 0.05) is 6.42 Å². The average Bonchev–Trinajstić information content (AvgIpc) is 3.14. The fourth-order valence-corrected chi connectivity index (χ4v) is 7.04. The molecule has 0 spiro atoms. The number of unbranched alkanes of at least 4 members (excludes halogenated alkanes) is 26. The van der Waals surface area contributed by atoms with Crippen LogP contribution in [-0.4, -0.2) is 87.5 Å². The van der Waals surface area contributed by atoms with Crippen LogP contribution in [0, 0.1) is 0 Å².